The zero-order valence-electron chi connectivity index (χ0n) is 9.98. The van der Waals surface area contributed by atoms with Crippen LogP contribution in [0.25, 0.3) is 0 Å². The first-order valence-corrected chi connectivity index (χ1v) is 5.62. The SMILES string of the molecule is Cc1cc(C(C#N)NCc2ccco2)ccc1F. The van der Waals surface area contributed by atoms with Crippen LogP contribution in [0.1, 0.15) is 22.9 Å². The van der Waals surface area contributed by atoms with Crippen LogP contribution in [-0.2, 0) is 6.54 Å². The highest BCUT2D eigenvalue weighted by atomic mass is 19.1. The first-order chi connectivity index (χ1) is 8.70. The number of nitriles is 1. The number of furan rings is 1. The van der Waals surface area contributed by atoms with Gasteiger partial charge in [-0.15, -0.1) is 0 Å². The summed E-state index contributed by atoms with van der Waals surface area (Å²) in [6.45, 7) is 2.14. The number of aryl methyl sites for hydroxylation is 1. The minimum atomic E-state index is -0.477. The molecule has 92 valence electrons. The van der Waals surface area contributed by atoms with Crippen molar-refractivity contribution in [3.63, 3.8) is 0 Å². The van der Waals surface area contributed by atoms with Crippen LogP contribution in [0.2, 0.25) is 0 Å². The van der Waals surface area contributed by atoms with Crippen LogP contribution in [0, 0.1) is 24.1 Å². The minimum Gasteiger partial charge on any atom is -0.468 e. The fourth-order valence-corrected chi connectivity index (χ4v) is 1.70. The molecule has 0 aliphatic heterocycles. The van der Waals surface area contributed by atoms with Crippen LogP contribution >= 0.6 is 0 Å². The molecule has 3 nitrogen and oxygen atoms in total. The third-order valence-corrected chi connectivity index (χ3v) is 2.70. The lowest BCUT2D eigenvalue weighted by molar-refractivity contribution is 0.473. The molecule has 0 fully saturated rings. The molecule has 0 aliphatic carbocycles. The molecule has 2 rings (SSSR count). The molecule has 0 amide bonds. The number of nitrogens with zero attached hydrogens (tertiary/aromatic N) is 1. The average molecular weight is 244 g/mol. The van der Waals surface area contributed by atoms with E-state index in [0.717, 1.165) is 11.3 Å². The largest absolute Gasteiger partial charge is 0.468 e. The third kappa shape index (κ3) is 2.76. The molecule has 1 atom stereocenters. The van der Waals surface area contributed by atoms with E-state index in [0.29, 0.717) is 12.1 Å². The fraction of sp³-hybridized carbons (Fsp3) is 0.214. The normalized spacial score (nSPS) is 12.1. The van der Waals surface area contributed by atoms with E-state index in [-0.39, 0.29) is 5.82 Å². The Bertz CT molecular complexity index is 558. The van der Waals surface area contributed by atoms with E-state index < -0.39 is 6.04 Å². The molecule has 1 unspecified atom stereocenters. The van der Waals surface area contributed by atoms with Crippen molar-refractivity contribution in [2.75, 3.05) is 0 Å². The van der Waals surface area contributed by atoms with Crippen molar-refractivity contribution in [3.8, 4) is 6.07 Å². The van der Waals surface area contributed by atoms with E-state index in [2.05, 4.69) is 11.4 Å². The molecule has 4 heteroatoms. The van der Waals surface area contributed by atoms with Gasteiger partial charge >= 0.3 is 0 Å². The second-order valence-corrected chi connectivity index (χ2v) is 4.03. The van der Waals surface area contributed by atoms with E-state index in [1.165, 1.54) is 6.07 Å². The standard InChI is InChI=1S/C14H13FN2O/c1-10-7-11(4-5-13(10)15)14(8-16)17-9-12-3-2-6-18-12/h2-7,14,17H,9H2,1H3. The molecule has 2 aromatic rings. The first-order valence-electron chi connectivity index (χ1n) is 5.62. The van der Waals surface area contributed by atoms with Gasteiger partial charge in [-0.3, -0.25) is 5.32 Å². The molecule has 18 heavy (non-hydrogen) atoms. The van der Waals surface area contributed by atoms with Gasteiger partial charge in [0.2, 0.25) is 0 Å². The molecule has 0 radical (unpaired) electrons. The average Bonchev–Trinajstić information content (AvgIpc) is 2.87. The van der Waals surface area contributed by atoms with Gasteiger partial charge in [0, 0.05) is 0 Å². The predicted octanol–water partition coefficient (Wildman–Crippen LogP) is 3.08. The lowest BCUT2D eigenvalue weighted by atomic mass is 10.1. The summed E-state index contributed by atoms with van der Waals surface area (Å²) in [5.41, 5.74) is 1.29. The third-order valence-electron chi connectivity index (χ3n) is 2.70. The van der Waals surface area contributed by atoms with Gasteiger partial charge in [0.1, 0.15) is 17.6 Å². The topological polar surface area (TPSA) is 49.0 Å². The van der Waals surface area contributed by atoms with Crippen molar-refractivity contribution in [1.29, 1.82) is 5.26 Å². The van der Waals surface area contributed by atoms with Gasteiger partial charge < -0.3 is 4.42 Å². The second kappa shape index (κ2) is 5.48. The maximum atomic E-state index is 13.2. The Balaban J connectivity index is 2.08. The van der Waals surface area contributed by atoms with Crippen molar-refractivity contribution in [2.24, 2.45) is 0 Å². The van der Waals surface area contributed by atoms with Gasteiger partial charge in [-0.05, 0) is 36.2 Å². The Kier molecular flexibility index (Phi) is 3.75. The summed E-state index contributed by atoms with van der Waals surface area (Å²) in [6, 6.07) is 9.97. The Hall–Kier alpha value is -2.12. The number of halogens is 1. The zero-order valence-corrected chi connectivity index (χ0v) is 9.98. The summed E-state index contributed by atoms with van der Waals surface area (Å²) in [6.07, 6.45) is 1.58. The molecular formula is C14H13FN2O. The van der Waals surface area contributed by atoms with E-state index in [1.54, 1.807) is 31.4 Å². The lowest BCUT2D eigenvalue weighted by Crippen LogP contribution is -2.19. The van der Waals surface area contributed by atoms with E-state index in [1.807, 2.05) is 6.07 Å². The maximum Gasteiger partial charge on any atom is 0.126 e. The second-order valence-electron chi connectivity index (χ2n) is 4.03. The van der Waals surface area contributed by atoms with Crippen molar-refractivity contribution >= 4 is 0 Å². The molecule has 1 heterocycles. The van der Waals surface area contributed by atoms with Gasteiger partial charge in [0.25, 0.3) is 0 Å². The van der Waals surface area contributed by atoms with Gasteiger partial charge in [0.05, 0.1) is 18.9 Å². The van der Waals surface area contributed by atoms with Crippen LogP contribution in [0.5, 0.6) is 0 Å². The summed E-state index contributed by atoms with van der Waals surface area (Å²) in [4.78, 5) is 0. The number of benzene rings is 1. The quantitative estimate of drug-likeness (QED) is 0.899. The Morgan fingerprint density at radius 3 is 2.89 bits per heavy atom. The number of nitrogens with one attached hydrogen (secondary N) is 1. The van der Waals surface area contributed by atoms with Gasteiger partial charge in [-0.2, -0.15) is 5.26 Å². The minimum absolute atomic E-state index is 0.263. The van der Waals surface area contributed by atoms with E-state index >= 15 is 0 Å². The summed E-state index contributed by atoms with van der Waals surface area (Å²) in [7, 11) is 0. The molecule has 0 saturated heterocycles. The summed E-state index contributed by atoms with van der Waals surface area (Å²) in [5.74, 6) is 0.496. The number of rotatable bonds is 4. The Labute approximate surface area is 105 Å². The van der Waals surface area contributed by atoms with E-state index in [9.17, 15) is 4.39 Å². The number of hydrogen-bond acceptors (Lipinski definition) is 3. The molecule has 1 aromatic carbocycles. The van der Waals surface area contributed by atoms with Gasteiger partial charge in [-0.25, -0.2) is 4.39 Å². The molecule has 1 aromatic heterocycles. The van der Waals surface area contributed by atoms with Gasteiger partial charge in [0.15, 0.2) is 0 Å². The molecule has 0 bridgehead atoms. The zero-order chi connectivity index (χ0) is 13.0. The van der Waals surface area contributed by atoms with Crippen LogP contribution in [0.3, 0.4) is 0 Å². The van der Waals surface area contributed by atoms with Crippen molar-refractivity contribution in [2.45, 2.75) is 19.5 Å². The van der Waals surface area contributed by atoms with Gasteiger partial charge in [-0.1, -0.05) is 12.1 Å². The highest BCUT2D eigenvalue weighted by Crippen LogP contribution is 2.17. The Morgan fingerprint density at radius 2 is 2.28 bits per heavy atom. The Morgan fingerprint density at radius 1 is 1.44 bits per heavy atom. The molecule has 0 saturated carbocycles. The van der Waals surface area contributed by atoms with Crippen molar-refractivity contribution in [1.82, 2.24) is 5.32 Å². The predicted molar refractivity (Wildman–Crippen MR) is 65.0 cm³/mol. The smallest absolute Gasteiger partial charge is 0.126 e. The van der Waals surface area contributed by atoms with E-state index in [4.69, 9.17) is 9.68 Å². The van der Waals surface area contributed by atoms with Crippen LogP contribution in [0.15, 0.2) is 41.0 Å². The highest BCUT2D eigenvalue weighted by Gasteiger charge is 2.11. The summed E-state index contributed by atoms with van der Waals surface area (Å²) < 4.78 is 18.3. The van der Waals surface area contributed by atoms with Crippen molar-refractivity contribution in [3.05, 3.63) is 59.3 Å². The lowest BCUT2D eigenvalue weighted by Gasteiger charge is -2.11. The van der Waals surface area contributed by atoms with Crippen LogP contribution in [0.4, 0.5) is 4.39 Å². The fourth-order valence-electron chi connectivity index (χ4n) is 1.70. The summed E-state index contributed by atoms with van der Waals surface area (Å²) >= 11 is 0. The van der Waals surface area contributed by atoms with Crippen LogP contribution < -0.4 is 5.32 Å². The van der Waals surface area contributed by atoms with Crippen LogP contribution in [-0.4, -0.2) is 0 Å². The monoisotopic (exact) mass is 244 g/mol. The molecule has 0 aliphatic rings. The molecular weight excluding hydrogens is 231 g/mol. The van der Waals surface area contributed by atoms with Crippen molar-refractivity contribution < 1.29 is 8.81 Å². The number of hydrogen-bond donors (Lipinski definition) is 1. The molecule has 1 N–H and O–H groups in total. The first kappa shape index (κ1) is 12.3. The highest BCUT2D eigenvalue weighted by molar-refractivity contribution is 5.29. The maximum absolute atomic E-state index is 13.2. The molecule has 0 spiro atoms. The summed E-state index contributed by atoms with van der Waals surface area (Å²) in [5, 5.41) is 12.2.